The number of primary amides is 1. The lowest BCUT2D eigenvalue weighted by molar-refractivity contribution is -0.125. The van der Waals surface area contributed by atoms with Crippen LogP contribution >= 0.6 is 0 Å². The number of nitrogens with zero attached hydrogens (tertiary/aromatic N) is 1. The SMILES string of the molecule is NC(=O)[C@H]1CCCN(CC(=O)Nc2ccc(-c3ccccc3)cc2)C1. The summed E-state index contributed by atoms with van der Waals surface area (Å²) in [6.45, 7) is 1.67. The zero-order valence-electron chi connectivity index (χ0n) is 14.2. The Morgan fingerprint density at radius 3 is 2.40 bits per heavy atom. The van der Waals surface area contributed by atoms with E-state index in [9.17, 15) is 9.59 Å². The van der Waals surface area contributed by atoms with Crippen LogP contribution < -0.4 is 11.1 Å². The van der Waals surface area contributed by atoms with Crippen molar-refractivity contribution in [1.29, 1.82) is 0 Å². The lowest BCUT2D eigenvalue weighted by Gasteiger charge is -2.30. The Morgan fingerprint density at radius 2 is 1.72 bits per heavy atom. The van der Waals surface area contributed by atoms with Gasteiger partial charge in [-0.25, -0.2) is 0 Å². The van der Waals surface area contributed by atoms with Crippen LogP contribution in [0.2, 0.25) is 0 Å². The van der Waals surface area contributed by atoms with E-state index in [2.05, 4.69) is 17.4 Å². The van der Waals surface area contributed by atoms with E-state index in [0.717, 1.165) is 36.2 Å². The number of hydrogen-bond donors (Lipinski definition) is 2. The van der Waals surface area contributed by atoms with Crippen LogP contribution in [-0.2, 0) is 9.59 Å². The first kappa shape index (κ1) is 17.2. The average Bonchev–Trinajstić information content (AvgIpc) is 2.63. The molecule has 1 aliphatic heterocycles. The van der Waals surface area contributed by atoms with Gasteiger partial charge in [0, 0.05) is 12.2 Å². The van der Waals surface area contributed by atoms with E-state index in [1.54, 1.807) is 0 Å². The van der Waals surface area contributed by atoms with Crippen molar-refractivity contribution in [2.75, 3.05) is 25.0 Å². The summed E-state index contributed by atoms with van der Waals surface area (Å²) in [6, 6.07) is 17.9. The molecule has 130 valence electrons. The quantitative estimate of drug-likeness (QED) is 0.880. The average molecular weight is 337 g/mol. The van der Waals surface area contributed by atoms with Gasteiger partial charge >= 0.3 is 0 Å². The predicted molar refractivity (Wildman–Crippen MR) is 98.9 cm³/mol. The Balaban J connectivity index is 1.55. The molecule has 1 heterocycles. The Kier molecular flexibility index (Phi) is 5.46. The molecule has 2 amide bonds. The number of piperidine rings is 1. The van der Waals surface area contributed by atoms with Crippen LogP contribution in [-0.4, -0.2) is 36.3 Å². The van der Waals surface area contributed by atoms with Crippen LogP contribution in [0.4, 0.5) is 5.69 Å². The third kappa shape index (κ3) is 4.67. The lowest BCUT2D eigenvalue weighted by Crippen LogP contribution is -2.44. The molecular weight excluding hydrogens is 314 g/mol. The molecule has 0 radical (unpaired) electrons. The zero-order valence-corrected chi connectivity index (χ0v) is 14.2. The molecule has 3 rings (SSSR count). The molecule has 1 saturated heterocycles. The minimum atomic E-state index is -0.276. The maximum absolute atomic E-state index is 12.2. The highest BCUT2D eigenvalue weighted by Gasteiger charge is 2.25. The highest BCUT2D eigenvalue weighted by molar-refractivity contribution is 5.92. The van der Waals surface area contributed by atoms with Crippen LogP contribution in [0.1, 0.15) is 12.8 Å². The van der Waals surface area contributed by atoms with Crippen molar-refractivity contribution >= 4 is 17.5 Å². The fourth-order valence-electron chi connectivity index (χ4n) is 3.21. The third-order valence-corrected chi connectivity index (χ3v) is 4.55. The normalized spacial score (nSPS) is 17.8. The zero-order chi connectivity index (χ0) is 17.6. The molecule has 0 saturated carbocycles. The summed E-state index contributed by atoms with van der Waals surface area (Å²) in [7, 11) is 0. The smallest absolute Gasteiger partial charge is 0.238 e. The predicted octanol–water partition coefficient (Wildman–Crippen LogP) is 2.49. The van der Waals surface area contributed by atoms with E-state index in [-0.39, 0.29) is 24.3 Å². The van der Waals surface area contributed by atoms with Crippen molar-refractivity contribution in [1.82, 2.24) is 4.90 Å². The van der Waals surface area contributed by atoms with E-state index in [0.29, 0.717) is 6.54 Å². The number of benzene rings is 2. The molecule has 0 unspecified atom stereocenters. The van der Waals surface area contributed by atoms with E-state index >= 15 is 0 Å². The van der Waals surface area contributed by atoms with E-state index < -0.39 is 0 Å². The lowest BCUT2D eigenvalue weighted by atomic mass is 9.97. The molecule has 1 atom stereocenters. The van der Waals surface area contributed by atoms with Crippen molar-refractivity contribution in [2.45, 2.75) is 12.8 Å². The van der Waals surface area contributed by atoms with Gasteiger partial charge in [-0.1, -0.05) is 42.5 Å². The van der Waals surface area contributed by atoms with Gasteiger partial charge in [0.1, 0.15) is 0 Å². The van der Waals surface area contributed by atoms with Gasteiger partial charge in [0.2, 0.25) is 11.8 Å². The van der Waals surface area contributed by atoms with E-state index in [1.165, 1.54) is 0 Å². The van der Waals surface area contributed by atoms with E-state index in [4.69, 9.17) is 5.73 Å². The van der Waals surface area contributed by atoms with Crippen LogP contribution in [0.3, 0.4) is 0 Å². The molecule has 2 aromatic rings. The molecular formula is C20H23N3O2. The number of nitrogens with one attached hydrogen (secondary N) is 1. The summed E-state index contributed by atoms with van der Waals surface area (Å²) in [5.41, 5.74) is 8.41. The molecule has 0 aliphatic carbocycles. The van der Waals surface area contributed by atoms with Crippen LogP contribution in [0.25, 0.3) is 11.1 Å². The number of amides is 2. The number of hydrogen-bond acceptors (Lipinski definition) is 3. The Labute approximate surface area is 147 Å². The molecule has 5 nitrogen and oxygen atoms in total. The van der Waals surface area contributed by atoms with Gasteiger partial charge < -0.3 is 11.1 Å². The van der Waals surface area contributed by atoms with Gasteiger partial charge in [-0.15, -0.1) is 0 Å². The van der Waals surface area contributed by atoms with Gasteiger partial charge in [0.15, 0.2) is 0 Å². The number of anilines is 1. The first-order chi connectivity index (χ1) is 12.1. The molecule has 0 bridgehead atoms. The van der Waals surface area contributed by atoms with Crippen LogP contribution in [0.5, 0.6) is 0 Å². The molecule has 5 heteroatoms. The first-order valence-electron chi connectivity index (χ1n) is 8.59. The summed E-state index contributed by atoms with van der Waals surface area (Å²) < 4.78 is 0. The van der Waals surface area contributed by atoms with Gasteiger partial charge in [0.05, 0.1) is 12.5 Å². The Bertz CT molecular complexity index is 728. The van der Waals surface area contributed by atoms with Gasteiger partial charge in [0.25, 0.3) is 0 Å². The van der Waals surface area contributed by atoms with Crippen molar-refractivity contribution in [3.63, 3.8) is 0 Å². The second-order valence-electron chi connectivity index (χ2n) is 6.47. The van der Waals surface area contributed by atoms with Crippen LogP contribution in [0, 0.1) is 5.92 Å². The van der Waals surface area contributed by atoms with Crippen molar-refractivity contribution in [2.24, 2.45) is 11.7 Å². The summed E-state index contributed by atoms with van der Waals surface area (Å²) in [4.78, 5) is 25.6. The molecule has 25 heavy (non-hydrogen) atoms. The molecule has 1 fully saturated rings. The van der Waals surface area contributed by atoms with Gasteiger partial charge in [-0.3, -0.25) is 14.5 Å². The standard InChI is InChI=1S/C20H23N3O2/c21-20(25)17-7-4-12-23(13-17)14-19(24)22-18-10-8-16(9-11-18)15-5-2-1-3-6-15/h1-3,5-6,8-11,17H,4,7,12-14H2,(H2,21,25)(H,22,24)/t17-/m0/s1. The van der Waals surface area contributed by atoms with Crippen molar-refractivity contribution in [3.8, 4) is 11.1 Å². The minimum Gasteiger partial charge on any atom is -0.369 e. The van der Waals surface area contributed by atoms with E-state index in [1.807, 2.05) is 47.4 Å². The third-order valence-electron chi connectivity index (χ3n) is 4.55. The summed E-state index contributed by atoms with van der Waals surface area (Å²) in [6.07, 6.45) is 1.71. The Morgan fingerprint density at radius 1 is 1.04 bits per heavy atom. The fourth-order valence-corrected chi connectivity index (χ4v) is 3.21. The molecule has 3 N–H and O–H groups in total. The fraction of sp³-hybridized carbons (Fsp3) is 0.300. The number of carbonyl (C=O) groups is 2. The van der Waals surface area contributed by atoms with Crippen molar-refractivity contribution < 1.29 is 9.59 Å². The van der Waals surface area contributed by atoms with Gasteiger partial charge in [-0.05, 0) is 42.6 Å². The second kappa shape index (κ2) is 7.94. The number of rotatable bonds is 5. The van der Waals surface area contributed by atoms with Crippen LogP contribution in [0.15, 0.2) is 54.6 Å². The van der Waals surface area contributed by atoms with Crippen molar-refractivity contribution in [3.05, 3.63) is 54.6 Å². The number of likely N-dealkylation sites (tertiary alicyclic amines) is 1. The summed E-state index contributed by atoms with van der Waals surface area (Å²) in [5, 5.41) is 2.92. The number of carbonyl (C=O) groups excluding carboxylic acids is 2. The monoisotopic (exact) mass is 337 g/mol. The molecule has 1 aliphatic rings. The molecule has 0 aromatic heterocycles. The maximum atomic E-state index is 12.2. The number of nitrogens with two attached hydrogens (primary N) is 1. The Hall–Kier alpha value is -2.66. The highest BCUT2D eigenvalue weighted by Crippen LogP contribution is 2.21. The largest absolute Gasteiger partial charge is 0.369 e. The topological polar surface area (TPSA) is 75.4 Å². The minimum absolute atomic E-state index is 0.0717. The maximum Gasteiger partial charge on any atom is 0.238 e. The molecule has 2 aromatic carbocycles. The summed E-state index contributed by atoms with van der Waals surface area (Å²) in [5.74, 6) is -0.495. The second-order valence-corrected chi connectivity index (χ2v) is 6.47. The summed E-state index contributed by atoms with van der Waals surface area (Å²) >= 11 is 0. The molecule has 0 spiro atoms. The highest BCUT2D eigenvalue weighted by atomic mass is 16.2. The first-order valence-corrected chi connectivity index (χ1v) is 8.59. The van der Waals surface area contributed by atoms with Gasteiger partial charge in [-0.2, -0.15) is 0 Å².